The van der Waals surface area contributed by atoms with Gasteiger partial charge in [0.25, 0.3) is 0 Å². The lowest BCUT2D eigenvalue weighted by atomic mass is 9.87. The highest BCUT2D eigenvalue weighted by Gasteiger charge is 2.51. The van der Waals surface area contributed by atoms with Gasteiger partial charge in [0.2, 0.25) is 0 Å². The molecule has 2 fully saturated rings. The number of hydrogen-bond donors (Lipinski definition) is 1. The number of imidazole rings is 1. The summed E-state index contributed by atoms with van der Waals surface area (Å²) >= 11 is 0. The monoisotopic (exact) mass is 374 g/mol. The van der Waals surface area contributed by atoms with Gasteiger partial charge in [-0.05, 0) is 33.6 Å². The first-order valence-corrected chi connectivity index (χ1v) is 9.21. The summed E-state index contributed by atoms with van der Waals surface area (Å²) in [6, 6.07) is -0.0214. The molecular formula is C18H26N6O3. The maximum absolute atomic E-state index is 10.4. The van der Waals surface area contributed by atoms with Crippen molar-refractivity contribution in [2.45, 2.75) is 63.8 Å². The molecular weight excluding hydrogens is 348 g/mol. The predicted octanol–water partition coefficient (Wildman–Crippen LogP) is 1.65. The second kappa shape index (κ2) is 6.50. The Balaban J connectivity index is 1.74. The summed E-state index contributed by atoms with van der Waals surface area (Å²) in [6.07, 6.45) is 3.52. The van der Waals surface area contributed by atoms with E-state index in [1.807, 2.05) is 44.3 Å². The van der Waals surface area contributed by atoms with Crippen LogP contribution in [0.2, 0.25) is 0 Å². The third kappa shape index (κ3) is 3.19. The number of aliphatic imine (C=N–C) groups is 1. The smallest absolute Gasteiger partial charge is 0.185 e. The van der Waals surface area contributed by atoms with Crippen LogP contribution in [0.5, 0.6) is 0 Å². The molecule has 27 heavy (non-hydrogen) atoms. The van der Waals surface area contributed by atoms with E-state index in [2.05, 4.69) is 19.9 Å². The number of aliphatic hydroxyl groups excluding tert-OH is 1. The van der Waals surface area contributed by atoms with Gasteiger partial charge in [0.05, 0.1) is 18.5 Å². The van der Waals surface area contributed by atoms with Gasteiger partial charge < -0.3 is 24.0 Å². The van der Waals surface area contributed by atoms with E-state index in [1.165, 1.54) is 6.33 Å². The van der Waals surface area contributed by atoms with Crippen molar-refractivity contribution >= 4 is 22.8 Å². The van der Waals surface area contributed by atoms with Crippen LogP contribution in [0.1, 0.15) is 39.7 Å². The first-order chi connectivity index (χ1) is 12.8. The van der Waals surface area contributed by atoms with E-state index in [-0.39, 0.29) is 18.2 Å². The van der Waals surface area contributed by atoms with Crippen molar-refractivity contribution in [1.29, 1.82) is 0 Å². The number of nitrogens with zero attached hydrogens (tertiary/aromatic N) is 6. The van der Waals surface area contributed by atoms with E-state index < -0.39 is 11.9 Å². The Hall–Kier alpha value is -2.10. The van der Waals surface area contributed by atoms with Crippen molar-refractivity contribution in [3.63, 3.8) is 0 Å². The number of rotatable bonds is 2. The lowest BCUT2D eigenvalue weighted by Gasteiger charge is -2.35. The van der Waals surface area contributed by atoms with Crippen molar-refractivity contribution in [3.05, 3.63) is 12.7 Å². The average Bonchev–Trinajstić information content (AvgIpc) is 3.17. The Morgan fingerprint density at radius 2 is 1.96 bits per heavy atom. The number of aliphatic hydroxyl groups is 1. The number of aromatic nitrogens is 4. The zero-order valence-corrected chi connectivity index (χ0v) is 16.3. The van der Waals surface area contributed by atoms with Crippen LogP contribution < -0.4 is 0 Å². The van der Waals surface area contributed by atoms with Crippen LogP contribution >= 0.6 is 0 Å². The molecule has 0 bridgehead atoms. The topological polar surface area (TPSA) is 97.9 Å². The highest BCUT2D eigenvalue weighted by Crippen LogP contribution is 2.43. The highest BCUT2D eigenvalue weighted by molar-refractivity contribution is 5.88. The normalized spacial score (nSPS) is 30.5. The molecule has 3 heterocycles. The fourth-order valence-corrected chi connectivity index (χ4v) is 3.80. The largest absolute Gasteiger partial charge is 0.390 e. The first-order valence-electron chi connectivity index (χ1n) is 9.21. The van der Waals surface area contributed by atoms with Crippen molar-refractivity contribution in [2.75, 3.05) is 14.1 Å². The fourth-order valence-electron chi connectivity index (χ4n) is 3.80. The standard InChI is InChI=1S/C18H26N6O3/c1-10(23(4)5)22-16-13-17(20-8-19-16)24(9-21-13)11-6-7-12(25)15-14(11)26-18(2,3)27-15/h8-9,11-12,14-15,25H,6-7H2,1-5H3/b22-10+/t11-,12+,14+,15-/m1/s1. The second-order valence-corrected chi connectivity index (χ2v) is 7.85. The van der Waals surface area contributed by atoms with Gasteiger partial charge >= 0.3 is 0 Å². The van der Waals surface area contributed by atoms with Crippen LogP contribution in [0.4, 0.5) is 5.82 Å². The number of ether oxygens (including phenoxy) is 2. The zero-order chi connectivity index (χ0) is 19.3. The number of fused-ring (bicyclic) bond motifs is 2. The van der Waals surface area contributed by atoms with Crippen molar-refractivity contribution < 1.29 is 14.6 Å². The zero-order valence-electron chi connectivity index (χ0n) is 16.3. The molecule has 4 rings (SSSR count). The molecule has 1 aliphatic carbocycles. The Bertz CT molecular complexity index is 877. The SMILES string of the molecule is C/C(=N\c1ncnc2c1ncn2[C@@H]1CC[C@H](O)[C@H]2OC(C)(C)O[C@H]21)N(C)C. The number of amidine groups is 1. The molecule has 9 nitrogen and oxygen atoms in total. The minimum Gasteiger partial charge on any atom is -0.390 e. The van der Waals surface area contributed by atoms with Crippen LogP contribution in [-0.2, 0) is 9.47 Å². The molecule has 1 N–H and O–H groups in total. The molecule has 1 aliphatic heterocycles. The van der Waals surface area contributed by atoms with Gasteiger partial charge in [-0.25, -0.2) is 19.9 Å². The van der Waals surface area contributed by atoms with E-state index >= 15 is 0 Å². The summed E-state index contributed by atoms with van der Waals surface area (Å²) in [5, 5.41) is 10.4. The van der Waals surface area contributed by atoms with Gasteiger partial charge in [0.1, 0.15) is 24.4 Å². The van der Waals surface area contributed by atoms with Crippen LogP contribution in [-0.4, -0.2) is 73.6 Å². The molecule has 0 radical (unpaired) electrons. The molecule has 0 spiro atoms. The average molecular weight is 374 g/mol. The third-order valence-electron chi connectivity index (χ3n) is 5.29. The van der Waals surface area contributed by atoms with Crippen LogP contribution in [0.25, 0.3) is 11.2 Å². The molecule has 2 aliphatic rings. The van der Waals surface area contributed by atoms with Crippen LogP contribution in [0.15, 0.2) is 17.6 Å². The predicted molar refractivity (Wildman–Crippen MR) is 99.9 cm³/mol. The van der Waals surface area contributed by atoms with Gasteiger partial charge in [-0.15, -0.1) is 0 Å². The van der Waals surface area contributed by atoms with E-state index in [4.69, 9.17) is 9.47 Å². The summed E-state index contributed by atoms with van der Waals surface area (Å²) in [5.41, 5.74) is 1.36. The quantitative estimate of drug-likeness (QED) is 0.630. The van der Waals surface area contributed by atoms with Crippen LogP contribution in [0.3, 0.4) is 0 Å². The molecule has 1 saturated carbocycles. The minimum atomic E-state index is -0.720. The van der Waals surface area contributed by atoms with Gasteiger partial charge in [-0.1, -0.05) is 0 Å². The molecule has 4 atom stereocenters. The molecule has 9 heteroatoms. The van der Waals surface area contributed by atoms with Crippen molar-refractivity contribution in [2.24, 2.45) is 4.99 Å². The lowest BCUT2D eigenvalue weighted by molar-refractivity contribution is -0.154. The summed E-state index contributed by atoms with van der Waals surface area (Å²) < 4.78 is 14.1. The number of hydrogen-bond acceptors (Lipinski definition) is 7. The molecule has 146 valence electrons. The fraction of sp³-hybridized carbons (Fsp3) is 0.667. The maximum Gasteiger partial charge on any atom is 0.185 e. The Morgan fingerprint density at radius 1 is 1.22 bits per heavy atom. The molecule has 0 amide bonds. The van der Waals surface area contributed by atoms with E-state index in [1.54, 1.807) is 6.33 Å². The summed E-state index contributed by atoms with van der Waals surface area (Å²) in [4.78, 5) is 19.8. The Kier molecular flexibility index (Phi) is 4.40. The second-order valence-electron chi connectivity index (χ2n) is 7.85. The van der Waals surface area contributed by atoms with Gasteiger partial charge in [0.15, 0.2) is 22.8 Å². The molecule has 1 saturated heterocycles. The van der Waals surface area contributed by atoms with Gasteiger partial charge in [-0.2, -0.15) is 0 Å². The molecule has 2 aromatic heterocycles. The summed E-state index contributed by atoms with van der Waals surface area (Å²) in [7, 11) is 3.87. The Labute approximate surface area is 158 Å². The minimum absolute atomic E-state index is 0.0214. The van der Waals surface area contributed by atoms with Crippen molar-refractivity contribution in [3.8, 4) is 0 Å². The molecule has 2 aromatic rings. The third-order valence-corrected chi connectivity index (χ3v) is 5.29. The van der Waals surface area contributed by atoms with E-state index in [9.17, 15) is 5.11 Å². The van der Waals surface area contributed by atoms with Gasteiger partial charge in [0, 0.05) is 14.1 Å². The van der Waals surface area contributed by atoms with E-state index in [0.29, 0.717) is 23.4 Å². The first kappa shape index (κ1) is 18.3. The lowest BCUT2D eigenvalue weighted by Crippen LogP contribution is -2.45. The summed E-state index contributed by atoms with van der Waals surface area (Å²) in [6.45, 7) is 5.67. The van der Waals surface area contributed by atoms with Crippen LogP contribution in [0, 0.1) is 0 Å². The summed E-state index contributed by atoms with van der Waals surface area (Å²) in [5.74, 6) is 0.656. The maximum atomic E-state index is 10.4. The molecule has 0 aromatic carbocycles. The highest BCUT2D eigenvalue weighted by atomic mass is 16.8. The van der Waals surface area contributed by atoms with Gasteiger partial charge in [-0.3, -0.25) is 0 Å². The Morgan fingerprint density at radius 3 is 2.70 bits per heavy atom. The van der Waals surface area contributed by atoms with Crippen molar-refractivity contribution in [1.82, 2.24) is 24.4 Å². The molecule has 0 unspecified atom stereocenters. The van der Waals surface area contributed by atoms with E-state index in [0.717, 1.165) is 12.3 Å².